The summed E-state index contributed by atoms with van der Waals surface area (Å²) in [4.78, 5) is 0. The lowest BCUT2D eigenvalue weighted by atomic mass is 10.0. The van der Waals surface area contributed by atoms with Crippen LogP contribution in [0.5, 0.6) is 5.75 Å². The SMILES string of the molecule is [B]C[C@@H](C)Oc1ccc(F)cc1. The molecule has 2 radical (unpaired) electrons. The fourth-order valence-electron chi connectivity index (χ4n) is 0.794. The summed E-state index contributed by atoms with van der Waals surface area (Å²) in [6, 6.07) is 5.89. The van der Waals surface area contributed by atoms with Crippen LogP contribution < -0.4 is 4.74 Å². The minimum Gasteiger partial charge on any atom is -0.491 e. The standard InChI is InChI=1S/C9H10BFO/c1-7(6-10)12-9-4-2-8(11)3-5-9/h2-5,7H,6H2,1H3/t7-/m1/s1. The van der Waals surface area contributed by atoms with E-state index in [1.807, 2.05) is 6.92 Å². The molecule has 0 aliphatic heterocycles. The van der Waals surface area contributed by atoms with Gasteiger partial charge in [0, 0.05) is 0 Å². The van der Waals surface area contributed by atoms with E-state index in [9.17, 15) is 4.39 Å². The van der Waals surface area contributed by atoms with Gasteiger partial charge >= 0.3 is 0 Å². The fourth-order valence-corrected chi connectivity index (χ4v) is 0.794. The van der Waals surface area contributed by atoms with Gasteiger partial charge in [-0.05, 0) is 31.2 Å². The first kappa shape index (κ1) is 9.11. The molecule has 12 heavy (non-hydrogen) atoms. The molecular weight excluding hydrogens is 154 g/mol. The van der Waals surface area contributed by atoms with Gasteiger partial charge in [-0.25, -0.2) is 4.39 Å². The van der Waals surface area contributed by atoms with Gasteiger partial charge < -0.3 is 4.74 Å². The summed E-state index contributed by atoms with van der Waals surface area (Å²) in [5.41, 5.74) is 0. The first-order chi connectivity index (χ1) is 5.72. The summed E-state index contributed by atoms with van der Waals surface area (Å²) >= 11 is 0. The molecule has 0 unspecified atom stereocenters. The number of hydrogen-bond donors (Lipinski definition) is 0. The second-order valence-electron chi connectivity index (χ2n) is 2.62. The van der Waals surface area contributed by atoms with Crippen LogP contribution in [0.3, 0.4) is 0 Å². The van der Waals surface area contributed by atoms with Crippen molar-refractivity contribution in [2.24, 2.45) is 0 Å². The van der Waals surface area contributed by atoms with Crippen LogP contribution in [0.1, 0.15) is 6.92 Å². The number of rotatable bonds is 3. The molecule has 0 saturated carbocycles. The van der Waals surface area contributed by atoms with Gasteiger partial charge in [0.1, 0.15) is 11.6 Å². The summed E-state index contributed by atoms with van der Waals surface area (Å²) in [6.07, 6.45) is 0.424. The number of hydrogen-bond acceptors (Lipinski definition) is 1. The third-order valence-electron chi connectivity index (χ3n) is 1.48. The first-order valence-corrected chi connectivity index (χ1v) is 3.84. The summed E-state index contributed by atoms with van der Waals surface area (Å²) in [7, 11) is 5.35. The minimum atomic E-state index is -0.261. The molecule has 0 heterocycles. The van der Waals surface area contributed by atoms with Crippen LogP contribution in [-0.4, -0.2) is 14.0 Å². The molecule has 1 nitrogen and oxygen atoms in total. The van der Waals surface area contributed by atoms with Gasteiger partial charge in [-0.2, -0.15) is 0 Å². The smallest absolute Gasteiger partial charge is 0.123 e. The Balaban J connectivity index is 2.58. The molecule has 1 aromatic carbocycles. The van der Waals surface area contributed by atoms with E-state index in [0.717, 1.165) is 0 Å². The van der Waals surface area contributed by atoms with Gasteiger partial charge in [0.25, 0.3) is 0 Å². The lowest BCUT2D eigenvalue weighted by Crippen LogP contribution is -2.10. The van der Waals surface area contributed by atoms with Crippen molar-refractivity contribution >= 4 is 7.85 Å². The Hall–Kier alpha value is -0.985. The molecule has 0 aliphatic rings. The van der Waals surface area contributed by atoms with E-state index in [-0.39, 0.29) is 11.9 Å². The molecule has 1 aromatic rings. The van der Waals surface area contributed by atoms with Crippen LogP contribution in [0.2, 0.25) is 6.32 Å². The zero-order valence-electron chi connectivity index (χ0n) is 6.96. The van der Waals surface area contributed by atoms with Crippen LogP contribution in [0.25, 0.3) is 0 Å². The van der Waals surface area contributed by atoms with E-state index < -0.39 is 0 Å². The Morgan fingerprint density at radius 2 is 2.00 bits per heavy atom. The molecule has 0 amide bonds. The van der Waals surface area contributed by atoms with Gasteiger partial charge in [0.2, 0.25) is 0 Å². The van der Waals surface area contributed by atoms with Crippen molar-refractivity contribution in [1.82, 2.24) is 0 Å². The molecule has 1 atom stereocenters. The predicted molar refractivity (Wildman–Crippen MR) is 47.1 cm³/mol. The molecule has 0 aromatic heterocycles. The highest BCUT2D eigenvalue weighted by molar-refractivity contribution is 6.08. The van der Waals surface area contributed by atoms with Gasteiger partial charge in [-0.1, -0.05) is 6.32 Å². The zero-order chi connectivity index (χ0) is 8.97. The topological polar surface area (TPSA) is 9.23 Å². The fraction of sp³-hybridized carbons (Fsp3) is 0.333. The maximum absolute atomic E-state index is 12.4. The Morgan fingerprint density at radius 3 is 2.50 bits per heavy atom. The van der Waals surface area contributed by atoms with Gasteiger partial charge in [-0.15, -0.1) is 0 Å². The average Bonchev–Trinajstić information content (AvgIpc) is 2.09. The van der Waals surface area contributed by atoms with Crippen molar-refractivity contribution < 1.29 is 9.13 Å². The molecule has 0 spiro atoms. The highest BCUT2D eigenvalue weighted by Crippen LogP contribution is 2.13. The van der Waals surface area contributed by atoms with Crippen LogP contribution in [0.4, 0.5) is 4.39 Å². The van der Waals surface area contributed by atoms with Crippen LogP contribution in [0.15, 0.2) is 24.3 Å². The number of benzene rings is 1. The highest BCUT2D eigenvalue weighted by Gasteiger charge is 1.99. The normalized spacial score (nSPS) is 12.5. The first-order valence-electron chi connectivity index (χ1n) is 3.84. The second kappa shape index (κ2) is 4.14. The molecule has 0 aliphatic carbocycles. The summed E-state index contributed by atoms with van der Waals surface area (Å²) in [5.74, 6) is 0.386. The molecular formula is C9H10BFO. The second-order valence-corrected chi connectivity index (χ2v) is 2.62. The Bertz CT molecular complexity index is 235. The third-order valence-corrected chi connectivity index (χ3v) is 1.48. The van der Waals surface area contributed by atoms with Crippen molar-refractivity contribution in [2.75, 3.05) is 0 Å². The van der Waals surface area contributed by atoms with E-state index in [2.05, 4.69) is 0 Å². The predicted octanol–water partition coefficient (Wildman–Crippen LogP) is 2.18. The van der Waals surface area contributed by atoms with E-state index in [1.165, 1.54) is 12.1 Å². The Labute approximate surface area is 73.0 Å². The van der Waals surface area contributed by atoms with Crippen molar-refractivity contribution in [1.29, 1.82) is 0 Å². The van der Waals surface area contributed by atoms with Crippen molar-refractivity contribution in [3.63, 3.8) is 0 Å². The van der Waals surface area contributed by atoms with E-state index in [4.69, 9.17) is 12.6 Å². The van der Waals surface area contributed by atoms with E-state index in [1.54, 1.807) is 12.1 Å². The van der Waals surface area contributed by atoms with Crippen LogP contribution in [-0.2, 0) is 0 Å². The quantitative estimate of drug-likeness (QED) is 0.622. The molecule has 0 fully saturated rings. The van der Waals surface area contributed by atoms with E-state index >= 15 is 0 Å². The average molecular weight is 164 g/mol. The highest BCUT2D eigenvalue weighted by atomic mass is 19.1. The lowest BCUT2D eigenvalue weighted by molar-refractivity contribution is 0.242. The van der Waals surface area contributed by atoms with Crippen LogP contribution >= 0.6 is 0 Å². The molecule has 0 bridgehead atoms. The molecule has 62 valence electrons. The van der Waals surface area contributed by atoms with Crippen molar-refractivity contribution in [3.8, 4) is 5.75 Å². The van der Waals surface area contributed by atoms with Crippen molar-refractivity contribution in [2.45, 2.75) is 19.3 Å². The Morgan fingerprint density at radius 1 is 1.42 bits per heavy atom. The zero-order valence-corrected chi connectivity index (χ0v) is 6.96. The number of ether oxygens (including phenoxy) is 1. The van der Waals surface area contributed by atoms with E-state index in [0.29, 0.717) is 12.1 Å². The third kappa shape index (κ3) is 2.57. The molecule has 0 N–H and O–H groups in total. The Kier molecular flexibility index (Phi) is 3.14. The van der Waals surface area contributed by atoms with Gasteiger partial charge in [0.05, 0.1) is 14.0 Å². The van der Waals surface area contributed by atoms with Crippen molar-refractivity contribution in [3.05, 3.63) is 30.1 Å². The maximum Gasteiger partial charge on any atom is 0.123 e. The summed E-state index contributed by atoms with van der Waals surface area (Å²) in [6.45, 7) is 1.86. The maximum atomic E-state index is 12.4. The summed E-state index contributed by atoms with van der Waals surface area (Å²) in [5, 5.41) is 0. The lowest BCUT2D eigenvalue weighted by Gasteiger charge is -2.11. The summed E-state index contributed by atoms with van der Waals surface area (Å²) < 4.78 is 17.8. The van der Waals surface area contributed by atoms with Crippen LogP contribution in [0, 0.1) is 5.82 Å². The molecule has 0 saturated heterocycles. The number of halogens is 1. The minimum absolute atomic E-state index is 0.0320. The monoisotopic (exact) mass is 164 g/mol. The largest absolute Gasteiger partial charge is 0.491 e. The van der Waals surface area contributed by atoms with Gasteiger partial charge in [-0.3, -0.25) is 0 Å². The molecule has 1 rings (SSSR count). The molecule has 3 heteroatoms. The van der Waals surface area contributed by atoms with Gasteiger partial charge in [0.15, 0.2) is 0 Å².